The van der Waals surface area contributed by atoms with Gasteiger partial charge in [0.1, 0.15) is 11.3 Å². The lowest BCUT2D eigenvalue weighted by Crippen LogP contribution is -2.70. The van der Waals surface area contributed by atoms with Crippen LogP contribution in [0.1, 0.15) is 65.9 Å². The molecule has 2 aromatic carbocycles. The quantitative estimate of drug-likeness (QED) is 0.303. The van der Waals surface area contributed by atoms with Crippen LogP contribution in [0.25, 0.3) is 0 Å². The summed E-state index contributed by atoms with van der Waals surface area (Å²) >= 11 is 1.46. The molecule has 1 aliphatic heterocycles. The van der Waals surface area contributed by atoms with Crippen molar-refractivity contribution in [2.45, 2.75) is 78.2 Å². The summed E-state index contributed by atoms with van der Waals surface area (Å²) in [5.41, 5.74) is -0.211. The molecule has 0 unspecified atom stereocenters. The van der Waals surface area contributed by atoms with Crippen molar-refractivity contribution in [3.05, 3.63) is 71.7 Å². The van der Waals surface area contributed by atoms with E-state index in [1.54, 1.807) is 5.38 Å². The molecule has 3 aromatic rings. The van der Waals surface area contributed by atoms with E-state index in [2.05, 4.69) is 102 Å². The Bertz CT molecular complexity index is 1320. The molecule has 1 aromatic heterocycles. The number of benzene rings is 2. The van der Waals surface area contributed by atoms with Gasteiger partial charge in [-0.05, 0) is 42.1 Å². The Morgan fingerprint density at radius 1 is 0.977 bits per heavy atom. The zero-order chi connectivity index (χ0) is 31.4. The van der Waals surface area contributed by atoms with Crippen LogP contribution in [0.15, 0.2) is 66.0 Å². The van der Waals surface area contributed by atoms with Gasteiger partial charge in [-0.1, -0.05) is 95.3 Å². The summed E-state index contributed by atoms with van der Waals surface area (Å²) in [6, 6.07) is 21.1. The van der Waals surface area contributed by atoms with Crippen molar-refractivity contribution in [2.75, 3.05) is 24.5 Å². The predicted molar refractivity (Wildman–Crippen MR) is 177 cm³/mol. The van der Waals surface area contributed by atoms with Crippen molar-refractivity contribution in [3.63, 3.8) is 0 Å². The van der Waals surface area contributed by atoms with E-state index in [1.807, 2.05) is 34.6 Å². The first-order valence-electron chi connectivity index (χ1n) is 15.0. The van der Waals surface area contributed by atoms with Crippen molar-refractivity contribution >= 4 is 47.2 Å². The molecular formula is C33H46N4O4SSi. The number of ether oxygens (including phenoxy) is 1. The monoisotopic (exact) mass is 622 g/mol. The number of alkyl carbamates (subject to hydrolysis) is 1. The molecule has 10 heteroatoms. The SMILES string of the molecule is CC(C)[C@@H](CNC(=O)OC(C)(C)C)NC(=O)c1csc(N2CC(O[Si](c3ccccc3)(c3ccccc3)C(C)(C)C)C2)n1. The van der Waals surface area contributed by atoms with Gasteiger partial charge in [-0.25, -0.2) is 9.78 Å². The van der Waals surface area contributed by atoms with E-state index in [0.29, 0.717) is 18.8 Å². The highest BCUT2D eigenvalue weighted by molar-refractivity contribution is 7.14. The number of amides is 2. The molecule has 1 atom stereocenters. The normalized spacial score (nSPS) is 15.1. The fraction of sp³-hybridized carbons (Fsp3) is 0.485. The van der Waals surface area contributed by atoms with Crippen LogP contribution in [0.4, 0.5) is 9.93 Å². The minimum Gasteiger partial charge on any atom is -0.444 e. The van der Waals surface area contributed by atoms with Crippen molar-refractivity contribution in [3.8, 4) is 0 Å². The van der Waals surface area contributed by atoms with Crippen molar-refractivity contribution in [2.24, 2.45) is 5.92 Å². The molecule has 0 saturated carbocycles. The van der Waals surface area contributed by atoms with Crippen LogP contribution in [0.2, 0.25) is 5.04 Å². The summed E-state index contributed by atoms with van der Waals surface area (Å²) in [7, 11) is -2.63. The van der Waals surface area contributed by atoms with Gasteiger partial charge in [0, 0.05) is 31.1 Å². The maximum absolute atomic E-state index is 13.1. The van der Waals surface area contributed by atoms with Gasteiger partial charge in [0.05, 0.1) is 6.10 Å². The summed E-state index contributed by atoms with van der Waals surface area (Å²) in [5.74, 6) is -0.153. The molecule has 232 valence electrons. The zero-order valence-corrected chi connectivity index (χ0v) is 28.5. The second kappa shape index (κ2) is 13.2. The lowest BCUT2D eigenvalue weighted by Gasteiger charge is -2.49. The average molecular weight is 623 g/mol. The van der Waals surface area contributed by atoms with Crippen LogP contribution in [0, 0.1) is 5.92 Å². The number of hydrogen-bond acceptors (Lipinski definition) is 7. The topological polar surface area (TPSA) is 92.8 Å². The van der Waals surface area contributed by atoms with Crippen LogP contribution in [-0.4, -0.2) is 62.7 Å². The Morgan fingerprint density at radius 3 is 2.02 bits per heavy atom. The van der Waals surface area contributed by atoms with E-state index in [0.717, 1.165) is 5.13 Å². The number of aromatic nitrogens is 1. The van der Waals surface area contributed by atoms with Crippen molar-refractivity contribution in [1.29, 1.82) is 0 Å². The van der Waals surface area contributed by atoms with Crippen molar-refractivity contribution < 1.29 is 18.8 Å². The Kier molecular flexibility index (Phi) is 10.0. The predicted octanol–water partition coefficient (Wildman–Crippen LogP) is 5.19. The van der Waals surface area contributed by atoms with Crippen LogP contribution >= 0.6 is 11.3 Å². The largest absolute Gasteiger partial charge is 0.444 e. The first-order valence-corrected chi connectivity index (χ1v) is 17.8. The van der Waals surface area contributed by atoms with E-state index in [4.69, 9.17) is 9.16 Å². The second-order valence-corrected chi connectivity index (χ2v) is 18.6. The summed E-state index contributed by atoms with van der Waals surface area (Å²) in [6.45, 7) is 18.0. The molecule has 2 N–H and O–H groups in total. The second-order valence-electron chi connectivity index (χ2n) is 13.5. The minimum absolute atomic E-state index is 0.0525. The molecule has 2 heterocycles. The van der Waals surface area contributed by atoms with Crippen molar-refractivity contribution in [1.82, 2.24) is 15.6 Å². The first kappa shape index (κ1) is 32.7. The van der Waals surface area contributed by atoms with E-state index in [-0.39, 0.29) is 35.6 Å². The number of thiazole rings is 1. The van der Waals surface area contributed by atoms with Gasteiger partial charge in [-0.3, -0.25) is 4.79 Å². The lowest BCUT2D eigenvalue weighted by molar-refractivity contribution is 0.0516. The van der Waals surface area contributed by atoms with E-state index in [9.17, 15) is 9.59 Å². The fourth-order valence-corrected chi connectivity index (χ4v) is 10.8. The van der Waals surface area contributed by atoms with Gasteiger partial charge in [-0.2, -0.15) is 0 Å². The summed E-state index contributed by atoms with van der Waals surface area (Å²) in [6.07, 6.45) is -0.451. The van der Waals surface area contributed by atoms with Gasteiger partial charge in [0.15, 0.2) is 5.13 Å². The molecular weight excluding hydrogens is 577 g/mol. The maximum Gasteiger partial charge on any atom is 0.407 e. The van der Waals surface area contributed by atoms with Gasteiger partial charge >= 0.3 is 6.09 Å². The molecule has 0 bridgehead atoms. The fourth-order valence-electron chi connectivity index (χ4n) is 5.33. The summed E-state index contributed by atoms with van der Waals surface area (Å²) in [5, 5.41) is 10.8. The number of nitrogens with zero attached hydrogens (tertiary/aromatic N) is 2. The smallest absolute Gasteiger partial charge is 0.407 e. The van der Waals surface area contributed by atoms with E-state index >= 15 is 0 Å². The maximum atomic E-state index is 13.1. The molecule has 0 spiro atoms. The standard InChI is InChI=1S/C33H46N4O4SSi/c1-23(2)27(19-34-31(39)40-32(3,4)5)35-29(38)28-22-42-30(36-28)37-20-24(21-37)41-43(33(6,7)8,25-15-11-9-12-16-25)26-17-13-10-14-18-26/h9-18,22-24,27H,19-21H2,1-8H3,(H,34,39)(H,35,38)/t27-/m1/s1. The number of hydrogen-bond donors (Lipinski definition) is 2. The number of rotatable bonds is 10. The van der Waals surface area contributed by atoms with Gasteiger partial charge in [-0.15, -0.1) is 11.3 Å². The molecule has 0 radical (unpaired) electrons. The third-order valence-corrected chi connectivity index (χ3v) is 13.6. The van der Waals surface area contributed by atoms with Crippen LogP contribution in [0.5, 0.6) is 0 Å². The Balaban J connectivity index is 1.41. The number of nitrogens with one attached hydrogen (secondary N) is 2. The van der Waals surface area contributed by atoms with Crippen LogP contribution in [0.3, 0.4) is 0 Å². The molecule has 43 heavy (non-hydrogen) atoms. The zero-order valence-electron chi connectivity index (χ0n) is 26.6. The highest BCUT2D eigenvalue weighted by atomic mass is 32.1. The van der Waals surface area contributed by atoms with Gasteiger partial charge in [0.2, 0.25) is 0 Å². The lowest BCUT2D eigenvalue weighted by atomic mass is 10.0. The molecule has 1 saturated heterocycles. The first-order chi connectivity index (χ1) is 20.2. The molecule has 2 amide bonds. The Labute approximate surface area is 261 Å². The van der Waals surface area contributed by atoms with Gasteiger partial charge < -0.3 is 24.7 Å². The van der Waals surface area contributed by atoms with E-state index < -0.39 is 20.0 Å². The molecule has 0 aliphatic carbocycles. The third kappa shape index (κ3) is 7.85. The highest BCUT2D eigenvalue weighted by Gasteiger charge is 2.52. The summed E-state index contributed by atoms with van der Waals surface area (Å²) < 4.78 is 12.5. The number of carbonyl (C=O) groups excluding carboxylic acids is 2. The third-order valence-electron chi connectivity index (χ3n) is 7.59. The average Bonchev–Trinajstić information content (AvgIpc) is 3.39. The molecule has 8 nitrogen and oxygen atoms in total. The van der Waals surface area contributed by atoms with Crippen LogP contribution < -0.4 is 25.9 Å². The van der Waals surface area contributed by atoms with Gasteiger partial charge in [0.25, 0.3) is 14.2 Å². The minimum atomic E-state index is -2.63. The molecule has 1 fully saturated rings. The Morgan fingerprint density at radius 2 is 1.53 bits per heavy atom. The van der Waals surface area contributed by atoms with E-state index in [1.165, 1.54) is 21.7 Å². The summed E-state index contributed by atoms with van der Waals surface area (Å²) in [4.78, 5) is 32.1. The Hall–Kier alpha value is -3.21. The molecule has 4 rings (SSSR count). The van der Waals surface area contributed by atoms with Crippen LogP contribution in [-0.2, 0) is 9.16 Å². The highest BCUT2D eigenvalue weighted by Crippen LogP contribution is 2.39. The number of carbonyl (C=O) groups is 2. The molecule has 1 aliphatic rings. The number of anilines is 1.